The molecule has 0 aliphatic rings. The van der Waals surface area contributed by atoms with Gasteiger partial charge < -0.3 is 10.3 Å². The third kappa shape index (κ3) is 4.08. The fourth-order valence-corrected chi connectivity index (χ4v) is 3.47. The number of rotatable bonds is 7. The molecule has 0 amide bonds. The van der Waals surface area contributed by atoms with E-state index in [1.165, 1.54) is 10.9 Å². The number of benzene rings is 1. The van der Waals surface area contributed by atoms with Crippen LogP contribution in [0.2, 0.25) is 0 Å². The smallest absolute Gasteiger partial charge is 0.150 e. The quantitative estimate of drug-likeness (QED) is 0.854. The van der Waals surface area contributed by atoms with Crippen molar-refractivity contribution in [3.8, 4) is 0 Å². The molecule has 4 nitrogen and oxygen atoms in total. The average Bonchev–Trinajstić information content (AvgIpc) is 2.77. The molecular weight excluding hydrogens is 284 g/mol. The molecule has 116 valence electrons. The van der Waals surface area contributed by atoms with E-state index in [0.29, 0.717) is 6.42 Å². The number of nitrogens with zero attached hydrogens (tertiary/aromatic N) is 1. The fraction of sp³-hybridized carbons (Fsp3) is 0.500. The van der Waals surface area contributed by atoms with Crippen LogP contribution in [0.15, 0.2) is 30.5 Å². The summed E-state index contributed by atoms with van der Waals surface area (Å²) < 4.78 is 25.3. The molecule has 1 aromatic heterocycles. The third-order valence-corrected chi connectivity index (χ3v) is 5.50. The lowest BCUT2D eigenvalue weighted by molar-refractivity contribution is 0.589. The van der Waals surface area contributed by atoms with Crippen LogP contribution in [-0.2, 0) is 22.8 Å². The lowest BCUT2D eigenvalue weighted by Crippen LogP contribution is -2.17. The largest absolute Gasteiger partial charge is 0.347 e. The molecule has 0 bridgehead atoms. The standard InChI is InChI=1S/C16H24N2O2S/c1-3-21(19,20)10-6-9-18-12-14(11-13(2)17)15-7-4-5-8-16(15)18/h4-5,7-8,12-13H,3,6,9-11,17H2,1-2H3. The van der Waals surface area contributed by atoms with Crippen molar-refractivity contribution in [3.05, 3.63) is 36.0 Å². The van der Waals surface area contributed by atoms with Gasteiger partial charge in [0, 0.05) is 35.4 Å². The van der Waals surface area contributed by atoms with E-state index in [0.717, 1.165) is 18.5 Å². The van der Waals surface area contributed by atoms with E-state index in [9.17, 15) is 8.42 Å². The predicted molar refractivity (Wildman–Crippen MR) is 88.2 cm³/mol. The highest BCUT2D eigenvalue weighted by atomic mass is 32.2. The molecule has 1 aromatic carbocycles. The highest BCUT2D eigenvalue weighted by Crippen LogP contribution is 2.22. The van der Waals surface area contributed by atoms with Crippen molar-refractivity contribution >= 4 is 20.7 Å². The van der Waals surface area contributed by atoms with Crippen LogP contribution < -0.4 is 5.73 Å². The molecule has 1 atom stereocenters. The molecule has 5 heteroatoms. The lowest BCUT2D eigenvalue weighted by atomic mass is 10.1. The van der Waals surface area contributed by atoms with Gasteiger partial charge >= 0.3 is 0 Å². The first-order valence-corrected chi connectivity index (χ1v) is 9.28. The number of aryl methyl sites for hydroxylation is 1. The van der Waals surface area contributed by atoms with Gasteiger partial charge in [0.15, 0.2) is 0 Å². The first kappa shape index (κ1) is 16.0. The van der Waals surface area contributed by atoms with Gasteiger partial charge in [-0.25, -0.2) is 8.42 Å². The van der Waals surface area contributed by atoms with E-state index in [1.54, 1.807) is 6.92 Å². The molecule has 0 aliphatic heterocycles. The Morgan fingerprint density at radius 1 is 1.29 bits per heavy atom. The molecule has 0 spiro atoms. The van der Waals surface area contributed by atoms with Crippen LogP contribution in [0.1, 0.15) is 25.8 Å². The average molecular weight is 308 g/mol. The second-order valence-electron chi connectivity index (χ2n) is 5.64. The van der Waals surface area contributed by atoms with Crippen LogP contribution in [0.5, 0.6) is 0 Å². The van der Waals surface area contributed by atoms with Gasteiger partial charge in [-0.3, -0.25) is 0 Å². The van der Waals surface area contributed by atoms with Crippen molar-refractivity contribution in [2.24, 2.45) is 5.73 Å². The summed E-state index contributed by atoms with van der Waals surface area (Å²) in [5.74, 6) is 0.466. The Morgan fingerprint density at radius 2 is 2.00 bits per heavy atom. The molecular formula is C16H24N2O2S. The van der Waals surface area contributed by atoms with Crippen molar-refractivity contribution in [2.75, 3.05) is 11.5 Å². The highest BCUT2D eigenvalue weighted by Gasteiger charge is 2.11. The van der Waals surface area contributed by atoms with E-state index in [-0.39, 0.29) is 17.5 Å². The minimum atomic E-state index is -2.89. The fourth-order valence-electron chi connectivity index (χ4n) is 2.62. The van der Waals surface area contributed by atoms with Crippen molar-refractivity contribution < 1.29 is 8.42 Å². The van der Waals surface area contributed by atoms with Gasteiger partial charge in [0.05, 0.1) is 5.75 Å². The Balaban J connectivity index is 2.20. The summed E-state index contributed by atoms with van der Waals surface area (Å²) in [5, 5.41) is 1.22. The molecule has 0 aliphatic carbocycles. The number of hydrogen-bond acceptors (Lipinski definition) is 3. The lowest BCUT2D eigenvalue weighted by Gasteiger charge is -2.05. The highest BCUT2D eigenvalue weighted by molar-refractivity contribution is 7.91. The maximum Gasteiger partial charge on any atom is 0.150 e. The van der Waals surface area contributed by atoms with E-state index in [1.807, 2.05) is 19.1 Å². The first-order valence-electron chi connectivity index (χ1n) is 7.45. The molecule has 1 unspecified atom stereocenters. The van der Waals surface area contributed by atoms with Crippen molar-refractivity contribution in [1.82, 2.24) is 4.57 Å². The number of nitrogens with two attached hydrogens (primary N) is 1. The summed E-state index contributed by atoms with van der Waals surface area (Å²) in [5.41, 5.74) is 8.30. The van der Waals surface area contributed by atoms with Crippen LogP contribution in [0.25, 0.3) is 10.9 Å². The van der Waals surface area contributed by atoms with Crippen LogP contribution >= 0.6 is 0 Å². The van der Waals surface area contributed by atoms with Crippen LogP contribution in [0, 0.1) is 0 Å². The molecule has 2 rings (SSSR count). The SMILES string of the molecule is CCS(=O)(=O)CCCn1cc(CC(C)N)c2ccccc21. The summed E-state index contributed by atoms with van der Waals surface area (Å²) in [6.07, 6.45) is 3.60. The molecule has 2 N–H and O–H groups in total. The molecule has 21 heavy (non-hydrogen) atoms. The van der Waals surface area contributed by atoms with E-state index in [4.69, 9.17) is 5.73 Å². The second kappa shape index (κ2) is 6.62. The first-order chi connectivity index (χ1) is 9.93. The van der Waals surface area contributed by atoms with Crippen molar-refractivity contribution in [1.29, 1.82) is 0 Å². The predicted octanol–water partition coefficient (Wildman–Crippen LogP) is 2.36. The van der Waals surface area contributed by atoms with Crippen molar-refractivity contribution in [2.45, 2.75) is 39.3 Å². The van der Waals surface area contributed by atoms with Gasteiger partial charge in [-0.1, -0.05) is 25.1 Å². The Labute approximate surface area is 126 Å². The normalized spacial score (nSPS) is 13.7. The Hall–Kier alpha value is -1.33. The minimum Gasteiger partial charge on any atom is -0.347 e. The molecule has 0 saturated carbocycles. The van der Waals surface area contributed by atoms with Crippen LogP contribution in [0.4, 0.5) is 0 Å². The summed E-state index contributed by atoms with van der Waals surface area (Å²) >= 11 is 0. The third-order valence-electron chi connectivity index (χ3n) is 3.71. The van der Waals surface area contributed by atoms with Crippen molar-refractivity contribution in [3.63, 3.8) is 0 Å². The van der Waals surface area contributed by atoms with E-state index < -0.39 is 9.84 Å². The summed E-state index contributed by atoms with van der Waals surface area (Å²) in [7, 11) is -2.89. The number of hydrogen-bond donors (Lipinski definition) is 1. The molecule has 0 saturated heterocycles. The molecule has 1 heterocycles. The zero-order valence-corrected chi connectivity index (χ0v) is 13.6. The number of sulfone groups is 1. The van der Waals surface area contributed by atoms with Gasteiger partial charge in [-0.2, -0.15) is 0 Å². The van der Waals surface area contributed by atoms with Crippen LogP contribution in [0.3, 0.4) is 0 Å². The topological polar surface area (TPSA) is 65.1 Å². The van der Waals surface area contributed by atoms with Gasteiger partial charge in [-0.05, 0) is 31.4 Å². The summed E-state index contributed by atoms with van der Waals surface area (Å²) in [6.45, 7) is 4.42. The van der Waals surface area contributed by atoms with Gasteiger partial charge in [0.1, 0.15) is 9.84 Å². The van der Waals surface area contributed by atoms with Gasteiger partial charge in [0.2, 0.25) is 0 Å². The number of para-hydroxylation sites is 1. The zero-order valence-electron chi connectivity index (χ0n) is 12.7. The molecule has 0 radical (unpaired) electrons. The summed E-state index contributed by atoms with van der Waals surface area (Å²) in [4.78, 5) is 0. The Kier molecular flexibility index (Phi) is 5.06. The Bertz CT molecular complexity index is 702. The second-order valence-corrected chi connectivity index (χ2v) is 8.11. The number of aromatic nitrogens is 1. The number of fused-ring (bicyclic) bond motifs is 1. The van der Waals surface area contributed by atoms with Gasteiger partial charge in [-0.15, -0.1) is 0 Å². The Morgan fingerprint density at radius 3 is 2.67 bits per heavy atom. The van der Waals surface area contributed by atoms with E-state index >= 15 is 0 Å². The summed E-state index contributed by atoms with van der Waals surface area (Å²) in [6, 6.07) is 8.33. The maximum absolute atomic E-state index is 11.6. The van der Waals surface area contributed by atoms with Gasteiger partial charge in [0.25, 0.3) is 0 Å². The van der Waals surface area contributed by atoms with Crippen LogP contribution in [-0.4, -0.2) is 30.5 Å². The zero-order chi connectivity index (χ0) is 15.5. The molecule has 2 aromatic rings. The van der Waals surface area contributed by atoms with E-state index in [2.05, 4.69) is 22.9 Å². The minimum absolute atomic E-state index is 0.115. The maximum atomic E-state index is 11.6. The molecule has 0 fully saturated rings. The monoisotopic (exact) mass is 308 g/mol.